The van der Waals surface area contributed by atoms with E-state index < -0.39 is 11.3 Å². The highest BCUT2D eigenvalue weighted by atomic mass is 79.9. The molecule has 3 heterocycles. The Morgan fingerprint density at radius 3 is 2.53 bits per heavy atom. The maximum absolute atomic E-state index is 12.5. The minimum atomic E-state index is -2.08. The van der Waals surface area contributed by atoms with Gasteiger partial charge < -0.3 is 4.90 Å². The summed E-state index contributed by atoms with van der Waals surface area (Å²) < 4.78 is 25.3. The molecule has 1 fully saturated rings. The highest BCUT2D eigenvalue weighted by molar-refractivity contribution is 9.10. The first kappa shape index (κ1) is 25.5. The maximum atomic E-state index is 12.5. The Bertz CT molecular complexity index is 1120. The summed E-state index contributed by atoms with van der Waals surface area (Å²) in [6, 6.07) is 7.75. The van der Waals surface area contributed by atoms with Crippen LogP contribution in [0.2, 0.25) is 5.02 Å². The van der Waals surface area contributed by atoms with Gasteiger partial charge >= 0.3 is 0 Å². The van der Waals surface area contributed by atoms with E-state index in [1.807, 2.05) is 24.3 Å². The van der Waals surface area contributed by atoms with Crippen LogP contribution in [0, 0.1) is 0 Å². The fourth-order valence-electron chi connectivity index (χ4n) is 4.70. The number of benzene rings is 1. The van der Waals surface area contributed by atoms with Crippen LogP contribution < -0.4 is 4.90 Å². The molecule has 34 heavy (non-hydrogen) atoms. The zero-order valence-corrected chi connectivity index (χ0v) is 22.4. The molecule has 2 atom stereocenters. The van der Waals surface area contributed by atoms with E-state index >= 15 is 0 Å². The van der Waals surface area contributed by atoms with Crippen LogP contribution >= 0.6 is 27.5 Å². The summed E-state index contributed by atoms with van der Waals surface area (Å²) in [4.78, 5) is 13.2. The molecule has 0 aliphatic carbocycles. The van der Waals surface area contributed by atoms with Gasteiger partial charge in [0, 0.05) is 36.7 Å². The van der Waals surface area contributed by atoms with Crippen molar-refractivity contribution in [3.05, 3.63) is 45.8 Å². The number of nitrogens with zero attached hydrogens (tertiary/aromatic N) is 6. The standard InChI is InChI=1S/C22H29BrClN7O2S/c1-3-29(4-2)18(15-5-7-16(24)8-6-15)13-31(34(32)33)17-9-11-30(12-10-17)22-19-20(23)27-28-21(19)25-14-26-22/h5-8,14,17-18H,3-4,9-13H2,1-2H3,(H,32,33)(H,25,26,27,28). The monoisotopic (exact) mass is 569 g/mol. The van der Waals surface area contributed by atoms with Crippen LogP contribution in [0.25, 0.3) is 11.0 Å². The number of likely N-dealkylation sites (N-methyl/N-ethyl adjacent to an activating group) is 1. The number of hydrogen-bond acceptors (Lipinski definition) is 6. The molecule has 0 radical (unpaired) electrons. The number of aromatic nitrogens is 4. The van der Waals surface area contributed by atoms with Crippen molar-refractivity contribution < 1.29 is 8.76 Å². The van der Waals surface area contributed by atoms with Gasteiger partial charge in [0.25, 0.3) is 0 Å². The van der Waals surface area contributed by atoms with Gasteiger partial charge in [-0.05, 0) is 59.6 Å². The van der Waals surface area contributed by atoms with Crippen molar-refractivity contribution in [2.45, 2.75) is 38.8 Å². The Hall–Kier alpha value is -1.63. The van der Waals surface area contributed by atoms with Crippen molar-refractivity contribution in [3.8, 4) is 0 Å². The van der Waals surface area contributed by atoms with E-state index in [2.05, 4.69) is 59.7 Å². The summed E-state index contributed by atoms with van der Waals surface area (Å²) in [5.74, 6) is 0.822. The molecule has 2 unspecified atom stereocenters. The molecule has 1 aliphatic rings. The zero-order valence-electron chi connectivity index (χ0n) is 19.2. The molecule has 0 spiro atoms. The van der Waals surface area contributed by atoms with Gasteiger partial charge in [0.2, 0.25) is 11.3 Å². The number of rotatable bonds is 9. The van der Waals surface area contributed by atoms with Crippen molar-refractivity contribution in [2.75, 3.05) is 37.6 Å². The molecule has 2 N–H and O–H groups in total. The Morgan fingerprint density at radius 1 is 1.24 bits per heavy atom. The van der Waals surface area contributed by atoms with Crippen LogP contribution in [0.5, 0.6) is 0 Å². The maximum Gasteiger partial charge on any atom is 0.234 e. The first-order valence-corrected chi connectivity index (χ1v) is 13.6. The molecule has 0 bridgehead atoms. The third kappa shape index (κ3) is 5.44. The zero-order chi connectivity index (χ0) is 24.2. The summed E-state index contributed by atoms with van der Waals surface area (Å²) in [6.07, 6.45) is 3.02. The normalized spacial score (nSPS) is 17.1. The summed E-state index contributed by atoms with van der Waals surface area (Å²) in [5.41, 5.74) is 1.70. The van der Waals surface area contributed by atoms with Gasteiger partial charge in [-0.3, -0.25) is 14.6 Å². The number of hydrogen-bond donors (Lipinski definition) is 2. The van der Waals surface area contributed by atoms with Crippen LogP contribution in [0.15, 0.2) is 35.2 Å². The molecule has 1 saturated heterocycles. The molecule has 0 saturated carbocycles. The van der Waals surface area contributed by atoms with Crippen LogP contribution in [-0.2, 0) is 11.3 Å². The predicted molar refractivity (Wildman–Crippen MR) is 139 cm³/mol. The van der Waals surface area contributed by atoms with Crippen LogP contribution in [0.3, 0.4) is 0 Å². The van der Waals surface area contributed by atoms with Gasteiger partial charge in [-0.25, -0.2) is 14.2 Å². The lowest BCUT2D eigenvalue weighted by Gasteiger charge is -2.40. The molecule has 12 heteroatoms. The van der Waals surface area contributed by atoms with E-state index in [-0.39, 0.29) is 12.1 Å². The number of piperidine rings is 1. The van der Waals surface area contributed by atoms with Crippen molar-refractivity contribution in [3.63, 3.8) is 0 Å². The first-order valence-electron chi connectivity index (χ1n) is 11.4. The lowest BCUT2D eigenvalue weighted by molar-refractivity contribution is 0.160. The van der Waals surface area contributed by atoms with E-state index in [1.165, 1.54) is 6.33 Å². The summed E-state index contributed by atoms with van der Waals surface area (Å²) in [6.45, 7) is 7.82. The first-order chi connectivity index (χ1) is 16.4. The van der Waals surface area contributed by atoms with E-state index in [4.69, 9.17) is 11.6 Å². The van der Waals surface area contributed by atoms with Crippen molar-refractivity contribution in [2.24, 2.45) is 0 Å². The molecule has 0 amide bonds. The van der Waals surface area contributed by atoms with Gasteiger partial charge in [0.1, 0.15) is 16.7 Å². The molecule has 4 rings (SSSR count). The number of halogens is 2. The van der Waals surface area contributed by atoms with E-state index in [9.17, 15) is 8.76 Å². The third-order valence-electron chi connectivity index (χ3n) is 6.52. The van der Waals surface area contributed by atoms with Crippen molar-refractivity contribution >= 4 is 55.6 Å². The number of fused-ring (bicyclic) bond motifs is 1. The summed E-state index contributed by atoms with van der Waals surface area (Å²) >= 11 is 7.53. The van der Waals surface area contributed by atoms with Crippen LogP contribution in [-0.4, -0.2) is 76.9 Å². The fraction of sp³-hybridized carbons (Fsp3) is 0.500. The second-order valence-corrected chi connectivity index (χ2v) is 10.4. The van der Waals surface area contributed by atoms with E-state index in [0.717, 1.165) is 60.4 Å². The average molecular weight is 571 g/mol. The van der Waals surface area contributed by atoms with Gasteiger partial charge in [-0.2, -0.15) is 9.40 Å². The van der Waals surface area contributed by atoms with Gasteiger partial charge in [-0.15, -0.1) is 0 Å². The van der Waals surface area contributed by atoms with Crippen LogP contribution in [0.4, 0.5) is 5.82 Å². The average Bonchev–Trinajstić information content (AvgIpc) is 3.23. The van der Waals surface area contributed by atoms with E-state index in [0.29, 0.717) is 17.2 Å². The molecular weight excluding hydrogens is 542 g/mol. The summed E-state index contributed by atoms with van der Waals surface area (Å²) in [7, 11) is 0. The molecule has 3 aromatic rings. The fourth-order valence-corrected chi connectivity index (χ4v) is 6.01. The highest BCUT2D eigenvalue weighted by Crippen LogP contribution is 2.32. The number of anilines is 1. The highest BCUT2D eigenvalue weighted by Gasteiger charge is 2.32. The molecule has 1 aromatic carbocycles. The van der Waals surface area contributed by atoms with Gasteiger partial charge in [-0.1, -0.05) is 37.6 Å². The van der Waals surface area contributed by atoms with Gasteiger partial charge in [0.05, 0.1) is 5.39 Å². The largest absolute Gasteiger partial charge is 0.356 e. The topological polar surface area (TPSA) is 101 Å². The summed E-state index contributed by atoms with van der Waals surface area (Å²) in [5, 5.41) is 8.63. The quantitative estimate of drug-likeness (QED) is 0.371. The molecule has 9 nitrogen and oxygen atoms in total. The Morgan fingerprint density at radius 2 is 1.91 bits per heavy atom. The Balaban J connectivity index is 1.51. The van der Waals surface area contributed by atoms with Crippen LogP contribution in [0.1, 0.15) is 38.3 Å². The lowest BCUT2D eigenvalue weighted by atomic mass is 10.0. The number of H-pyrrole nitrogens is 1. The number of nitrogens with one attached hydrogen (secondary N) is 1. The molecule has 2 aromatic heterocycles. The van der Waals surface area contributed by atoms with E-state index in [1.54, 1.807) is 4.31 Å². The lowest BCUT2D eigenvalue weighted by Crippen LogP contribution is -2.48. The second-order valence-electron chi connectivity index (χ2n) is 8.27. The third-order valence-corrected chi connectivity index (χ3v) is 8.19. The Labute approximate surface area is 215 Å². The molecule has 184 valence electrons. The molecular formula is C22H29BrClN7O2S. The van der Waals surface area contributed by atoms with Crippen molar-refractivity contribution in [1.82, 2.24) is 29.4 Å². The minimum absolute atomic E-state index is 0.00947. The Kier molecular flexibility index (Phi) is 8.54. The second kappa shape index (κ2) is 11.4. The van der Waals surface area contributed by atoms with Crippen molar-refractivity contribution in [1.29, 1.82) is 0 Å². The predicted octanol–water partition coefficient (Wildman–Crippen LogP) is 4.26. The minimum Gasteiger partial charge on any atom is -0.356 e. The number of aromatic amines is 1. The smallest absolute Gasteiger partial charge is 0.234 e. The molecule has 1 aliphatic heterocycles. The van der Waals surface area contributed by atoms with Gasteiger partial charge in [0.15, 0.2) is 5.65 Å². The SMILES string of the molecule is CCN(CC)C(CN(C1CCN(c2ncnc3n[nH]c(Br)c23)CC1)S(=O)O)c1ccc(Cl)cc1.